The Kier molecular flexibility index (Phi) is 5.79. The number of benzene rings is 1. The van der Waals surface area contributed by atoms with E-state index in [0.29, 0.717) is 23.1 Å². The van der Waals surface area contributed by atoms with Crippen molar-refractivity contribution in [3.63, 3.8) is 0 Å². The molecule has 1 aliphatic heterocycles. The number of hydrogen-bond acceptors (Lipinski definition) is 6. The summed E-state index contributed by atoms with van der Waals surface area (Å²) < 4.78 is 10.9. The lowest BCUT2D eigenvalue weighted by molar-refractivity contribution is -0.122. The molecule has 3 rings (SSSR count). The van der Waals surface area contributed by atoms with Gasteiger partial charge in [0.15, 0.2) is 11.0 Å². The van der Waals surface area contributed by atoms with Gasteiger partial charge in [-0.05, 0) is 62.5 Å². The Hall–Kier alpha value is -3.13. The molecule has 7 nitrogen and oxygen atoms in total. The Balaban J connectivity index is 1.92. The van der Waals surface area contributed by atoms with Crippen molar-refractivity contribution in [2.24, 2.45) is 0 Å². The van der Waals surface area contributed by atoms with Gasteiger partial charge in [-0.2, -0.15) is 0 Å². The van der Waals surface area contributed by atoms with E-state index in [1.165, 1.54) is 11.0 Å². The zero-order valence-electron chi connectivity index (χ0n) is 15.9. The number of carbonyl (C=O) groups excluding carboxylic acids is 2. The van der Waals surface area contributed by atoms with E-state index in [1.807, 2.05) is 24.8 Å². The summed E-state index contributed by atoms with van der Waals surface area (Å²) in [5.41, 5.74) is 0.481. The van der Waals surface area contributed by atoms with Crippen LogP contribution in [0.5, 0.6) is 5.75 Å². The van der Waals surface area contributed by atoms with Gasteiger partial charge in [0.05, 0.1) is 12.8 Å². The third-order valence-electron chi connectivity index (χ3n) is 4.41. The van der Waals surface area contributed by atoms with Crippen LogP contribution < -0.4 is 19.9 Å². The summed E-state index contributed by atoms with van der Waals surface area (Å²) in [6, 6.07) is 10.4. The van der Waals surface area contributed by atoms with Crippen LogP contribution >= 0.6 is 12.2 Å². The Labute approximate surface area is 168 Å². The Morgan fingerprint density at radius 2 is 1.82 bits per heavy atom. The highest BCUT2D eigenvalue weighted by Crippen LogP contribution is 2.26. The number of carbonyl (C=O) groups is 2. The van der Waals surface area contributed by atoms with Crippen molar-refractivity contribution < 1.29 is 18.7 Å². The Bertz CT molecular complexity index is 929. The third-order valence-corrected chi connectivity index (χ3v) is 4.69. The predicted molar refractivity (Wildman–Crippen MR) is 111 cm³/mol. The number of methoxy groups -OCH3 is 1. The van der Waals surface area contributed by atoms with E-state index in [1.54, 1.807) is 37.4 Å². The maximum absolute atomic E-state index is 13.0. The Morgan fingerprint density at radius 1 is 1.14 bits per heavy atom. The molecule has 1 saturated heterocycles. The minimum Gasteiger partial charge on any atom is -0.497 e. The first-order valence-electron chi connectivity index (χ1n) is 8.88. The van der Waals surface area contributed by atoms with Crippen LogP contribution in [0.2, 0.25) is 0 Å². The second-order valence-electron chi connectivity index (χ2n) is 6.00. The molecule has 2 aromatic rings. The molecule has 0 unspecified atom stereocenters. The van der Waals surface area contributed by atoms with E-state index < -0.39 is 11.8 Å². The van der Waals surface area contributed by atoms with Crippen molar-refractivity contribution >= 4 is 46.8 Å². The number of thiocarbonyl (C=S) groups is 1. The number of anilines is 2. The van der Waals surface area contributed by atoms with Crippen LogP contribution in [0.15, 0.2) is 46.4 Å². The number of hydrogen-bond donors (Lipinski definition) is 1. The molecule has 1 aromatic heterocycles. The molecular formula is C20H21N3O4S. The lowest BCUT2D eigenvalue weighted by Gasteiger charge is -2.28. The summed E-state index contributed by atoms with van der Waals surface area (Å²) in [6.07, 6.45) is 1.43. The van der Waals surface area contributed by atoms with E-state index in [4.69, 9.17) is 21.4 Å². The number of furan rings is 1. The molecule has 0 aliphatic carbocycles. The van der Waals surface area contributed by atoms with Gasteiger partial charge in [0, 0.05) is 19.2 Å². The molecule has 8 heteroatoms. The average molecular weight is 399 g/mol. The van der Waals surface area contributed by atoms with E-state index in [9.17, 15) is 9.59 Å². The molecule has 0 saturated carbocycles. The van der Waals surface area contributed by atoms with Gasteiger partial charge in [0.25, 0.3) is 11.8 Å². The average Bonchev–Trinajstić information content (AvgIpc) is 3.15. The predicted octanol–water partition coefficient (Wildman–Crippen LogP) is 2.97. The van der Waals surface area contributed by atoms with E-state index in [0.717, 1.165) is 13.1 Å². The first kappa shape index (κ1) is 19.6. The quantitative estimate of drug-likeness (QED) is 0.457. The molecule has 1 N–H and O–H groups in total. The summed E-state index contributed by atoms with van der Waals surface area (Å²) in [6.45, 7) is 5.63. The SMILES string of the molecule is CCN(CC)c1ccc(/C=C2\C(=O)NC(=S)N(c3ccc(OC)cc3)C2=O)o1. The van der Waals surface area contributed by atoms with Gasteiger partial charge >= 0.3 is 0 Å². The fourth-order valence-corrected chi connectivity index (χ4v) is 3.17. The van der Waals surface area contributed by atoms with Gasteiger partial charge in [-0.1, -0.05) is 0 Å². The topological polar surface area (TPSA) is 75.0 Å². The van der Waals surface area contributed by atoms with Crippen LogP contribution in [0.4, 0.5) is 11.6 Å². The molecular weight excluding hydrogens is 378 g/mol. The molecule has 2 heterocycles. The molecule has 0 atom stereocenters. The molecule has 1 aromatic carbocycles. The van der Waals surface area contributed by atoms with Gasteiger partial charge in [-0.25, -0.2) is 0 Å². The highest BCUT2D eigenvalue weighted by Gasteiger charge is 2.34. The minimum absolute atomic E-state index is 0.0283. The van der Waals surface area contributed by atoms with Gasteiger partial charge < -0.3 is 14.1 Å². The molecule has 28 heavy (non-hydrogen) atoms. The van der Waals surface area contributed by atoms with Crippen molar-refractivity contribution in [2.45, 2.75) is 13.8 Å². The van der Waals surface area contributed by atoms with Crippen molar-refractivity contribution in [3.05, 3.63) is 47.7 Å². The Morgan fingerprint density at radius 3 is 2.43 bits per heavy atom. The fraction of sp³-hybridized carbons (Fsp3) is 0.250. The lowest BCUT2D eigenvalue weighted by Crippen LogP contribution is -2.54. The number of nitrogens with zero attached hydrogens (tertiary/aromatic N) is 2. The molecule has 1 aliphatic rings. The van der Waals surface area contributed by atoms with Crippen LogP contribution in [0, 0.1) is 0 Å². The molecule has 0 radical (unpaired) electrons. The van der Waals surface area contributed by atoms with Crippen molar-refractivity contribution in [2.75, 3.05) is 30.0 Å². The molecule has 0 spiro atoms. The second-order valence-corrected chi connectivity index (χ2v) is 6.39. The summed E-state index contributed by atoms with van der Waals surface area (Å²) in [5.74, 6) is 0.685. The van der Waals surface area contributed by atoms with Gasteiger partial charge in [0.1, 0.15) is 17.1 Å². The largest absolute Gasteiger partial charge is 0.497 e. The van der Waals surface area contributed by atoms with E-state index >= 15 is 0 Å². The van der Waals surface area contributed by atoms with Crippen molar-refractivity contribution in [1.82, 2.24) is 5.32 Å². The summed E-state index contributed by atoms with van der Waals surface area (Å²) in [7, 11) is 1.56. The standard InChI is InChI=1S/C20H21N3O4S/c1-4-22(5-2)17-11-10-15(27-17)12-16-18(24)21-20(28)23(19(16)25)13-6-8-14(26-3)9-7-13/h6-12H,4-5H2,1-3H3,(H,21,24,28)/b16-12+. The van der Waals surface area contributed by atoms with Crippen LogP contribution in [0.25, 0.3) is 6.08 Å². The van der Waals surface area contributed by atoms with Crippen LogP contribution in [0.1, 0.15) is 19.6 Å². The molecule has 1 fully saturated rings. The smallest absolute Gasteiger partial charge is 0.270 e. The van der Waals surface area contributed by atoms with Crippen LogP contribution in [-0.2, 0) is 9.59 Å². The molecule has 2 amide bonds. The summed E-state index contributed by atoms with van der Waals surface area (Å²) >= 11 is 5.20. The zero-order valence-corrected chi connectivity index (χ0v) is 16.7. The number of ether oxygens (including phenoxy) is 1. The lowest BCUT2D eigenvalue weighted by atomic mass is 10.1. The van der Waals surface area contributed by atoms with Crippen LogP contribution in [-0.4, -0.2) is 37.1 Å². The highest BCUT2D eigenvalue weighted by atomic mass is 32.1. The van der Waals surface area contributed by atoms with Gasteiger partial charge in [-0.3, -0.25) is 19.8 Å². The zero-order chi connectivity index (χ0) is 20.3. The van der Waals surface area contributed by atoms with Gasteiger partial charge in [-0.15, -0.1) is 0 Å². The van der Waals surface area contributed by atoms with Crippen molar-refractivity contribution in [1.29, 1.82) is 0 Å². The third kappa shape index (κ3) is 3.77. The summed E-state index contributed by atoms with van der Waals surface area (Å²) in [4.78, 5) is 28.7. The minimum atomic E-state index is -0.555. The number of nitrogens with one attached hydrogen (secondary N) is 1. The normalized spacial score (nSPS) is 15.8. The van der Waals surface area contributed by atoms with E-state index in [2.05, 4.69) is 5.32 Å². The monoisotopic (exact) mass is 399 g/mol. The second kappa shape index (κ2) is 8.26. The summed E-state index contributed by atoms with van der Waals surface area (Å²) in [5, 5.41) is 2.58. The maximum atomic E-state index is 13.0. The van der Waals surface area contributed by atoms with E-state index in [-0.39, 0.29) is 10.7 Å². The molecule has 0 bridgehead atoms. The van der Waals surface area contributed by atoms with Gasteiger partial charge in [0.2, 0.25) is 0 Å². The first-order chi connectivity index (χ1) is 13.5. The van der Waals surface area contributed by atoms with Crippen molar-refractivity contribution in [3.8, 4) is 5.75 Å². The molecule has 146 valence electrons. The fourth-order valence-electron chi connectivity index (χ4n) is 2.89. The first-order valence-corrected chi connectivity index (χ1v) is 9.29. The maximum Gasteiger partial charge on any atom is 0.270 e. The highest BCUT2D eigenvalue weighted by molar-refractivity contribution is 7.80. The number of rotatable bonds is 6. The van der Waals surface area contributed by atoms with Crippen LogP contribution in [0.3, 0.4) is 0 Å². The number of amides is 2.